The second-order valence-electron chi connectivity index (χ2n) is 6.58. The number of nitrogens with two attached hydrogens (primary N) is 2. The van der Waals surface area contributed by atoms with E-state index in [1.807, 2.05) is 0 Å². The van der Waals surface area contributed by atoms with Crippen molar-refractivity contribution < 1.29 is 44.1 Å². The van der Waals surface area contributed by atoms with Gasteiger partial charge < -0.3 is 42.7 Å². The Morgan fingerprint density at radius 3 is 1.80 bits per heavy atom. The number of hydrogen-bond donors (Lipinski definition) is 8. The number of nitrogens with one attached hydrogen (secondary N) is 3. The number of carboxylic acids is 2. The third-order valence-corrected chi connectivity index (χ3v) is 3.78. The molecule has 14 heteroatoms. The topological polar surface area (TPSA) is 251 Å². The first kappa shape index (κ1) is 26.7. The van der Waals surface area contributed by atoms with Gasteiger partial charge in [-0.25, -0.2) is 4.79 Å². The molecule has 14 nitrogen and oxygen atoms in total. The molecule has 0 aliphatic rings. The van der Waals surface area contributed by atoms with Crippen LogP contribution in [0.3, 0.4) is 0 Å². The highest BCUT2D eigenvalue weighted by Gasteiger charge is 2.33. The van der Waals surface area contributed by atoms with Gasteiger partial charge in [-0.15, -0.1) is 0 Å². The Bertz CT molecular complexity index is 680. The van der Waals surface area contributed by atoms with Crippen LogP contribution in [0.15, 0.2) is 0 Å². The predicted octanol–water partition coefficient (Wildman–Crippen LogP) is -4.01. The van der Waals surface area contributed by atoms with Crippen LogP contribution in [0.5, 0.6) is 0 Å². The molecule has 30 heavy (non-hydrogen) atoms. The van der Waals surface area contributed by atoms with Crippen molar-refractivity contribution >= 4 is 35.6 Å². The second-order valence-corrected chi connectivity index (χ2v) is 6.58. The molecule has 4 amide bonds. The Hall–Kier alpha value is -3.26. The largest absolute Gasteiger partial charge is 0.481 e. The summed E-state index contributed by atoms with van der Waals surface area (Å²) in [5, 5.41) is 34.1. The van der Waals surface area contributed by atoms with E-state index >= 15 is 0 Å². The summed E-state index contributed by atoms with van der Waals surface area (Å²) < 4.78 is 0. The van der Waals surface area contributed by atoms with E-state index in [1.165, 1.54) is 6.92 Å². The van der Waals surface area contributed by atoms with Gasteiger partial charge in [0.15, 0.2) is 0 Å². The van der Waals surface area contributed by atoms with Crippen molar-refractivity contribution in [2.75, 3.05) is 0 Å². The van der Waals surface area contributed by atoms with Gasteiger partial charge in [0, 0.05) is 6.42 Å². The van der Waals surface area contributed by atoms with E-state index < -0.39 is 72.3 Å². The smallest absolute Gasteiger partial charge is 0.326 e. The first-order chi connectivity index (χ1) is 13.8. The minimum absolute atomic E-state index is 0.330. The monoisotopic (exact) mass is 433 g/mol. The second kappa shape index (κ2) is 12.3. The van der Waals surface area contributed by atoms with Crippen LogP contribution in [0.1, 0.15) is 33.1 Å². The number of hydrogen-bond acceptors (Lipinski definition) is 8. The molecule has 0 bridgehead atoms. The number of aliphatic carboxylic acids is 2. The van der Waals surface area contributed by atoms with Gasteiger partial charge >= 0.3 is 11.9 Å². The van der Waals surface area contributed by atoms with Gasteiger partial charge in [0.05, 0.1) is 18.6 Å². The Kier molecular flexibility index (Phi) is 11.0. The average Bonchev–Trinajstić information content (AvgIpc) is 2.60. The van der Waals surface area contributed by atoms with Crippen LogP contribution in [0, 0.1) is 0 Å². The molecule has 0 radical (unpaired) electrons. The molecule has 0 saturated carbocycles. The summed E-state index contributed by atoms with van der Waals surface area (Å²) in [5.41, 5.74) is 10.3. The van der Waals surface area contributed by atoms with Crippen molar-refractivity contribution in [3.63, 3.8) is 0 Å². The number of carboxylic acid groups (broad SMARTS) is 2. The van der Waals surface area contributed by atoms with Crippen LogP contribution >= 0.6 is 0 Å². The highest BCUT2D eigenvalue weighted by atomic mass is 16.4. The SMILES string of the molecule is CC(N)C(=O)NC(CC(=O)O)C(=O)NC(C(=O)NC(CCC(N)=O)C(=O)O)C(C)O. The molecular formula is C16H27N5O9. The van der Waals surface area contributed by atoms with Crippen molar-refractivity contribution in [3.8, 4) is 0 Å². The van der Waals surface area contributed by atoms with Gasteiger partial charge in [-0.1, -0.05) is 0 Å². The van der Waals surface area contributed by atoms with Gasteiger partial charge in [-0.3, -0.25) is 24.0 Å². The molecule has 5 atom stereocenters. The summed E-state index contributed by atoms with van der Waals surface area (Å²) in [6.07, 6.45) is -3.03. The molecule has 0 aromatic heterocycles. The number of aliphatic hydroxyl groups is 1. The molecule has 0 fully saturated rings. The van der Waals surface area contributed by atoms with Crippen molar-refractivity contribution in [2.45, 2.75) is 63.4 Å². The summed E-state index contributed by atoms with van der Waals surface area (Å²) >= 11 is 0. The summed E-state index contributed by atoms with van der Waals surface area (Å²) in [6.45, 7) is 2.42. The minimum atomic E-state index is -1.68. The van der Waals surface area contributed by atoms with E-state index in [9.17, 15) is 33.9 Å². The number of amides is 4. The minimum Gasteiger partial charge on any atom is -0.481 e. The lowest BCUT2D eigenvalue weighted by atomic mass is 10.1. The molecule has 170 valence electrons. The lowest BCUT2D eigenvalue weighted by Gasteiger charge is -2.25. The van der Waals surface area contributed by atoms with Crippen molar-refractivity contribution in [1.29, 1.82) is 0 Å². The molecular weight excluding hydrogens is 406 g/mol. The highest BCUT2D eigenvalue weighted by Crippen LogP contribution is 2.03. The summed E-state index contributed by atoms with van der Waals surface area (Å²) in [7, 11) is 0. The van der Waals surface area contributed by atoms with Crippen LogP contribution in [0.4, 0.5) is 0 Å². The number of carbonyl (C=O) groups excluding carboxylic acids is 4. The molecule has 0 saturated heterocycles. The zero-order valence-corrected chi connectivity index (χ0v) is 16.5. The van der Waals surface area contributed by atoms with E-state index in [4.69, 9.17) is 21.7 Å². The van der Waals surface area contributed by atoms with Gasteiger partial charge in [0.2, 0.25) is 23.6 Å². The first-order valence-electron chi connectivity index (χ1n) is 8.83. The molecule has 0 spiro atoms. The van der Waals surface area contributed by atoms with Crippen LogP contribution in [0.2, 0.25) is 0 Å². The van der Waals surface area contributed by atoms with Gasteiger partial charge in [0.25, 0.3) is 0 Å². The van der Waals surface area contributed by atoms with Crippen LogP contribution in [-0.4, -0.2) is 81.2 Å². The van der Waals surface area contributed by atoms with Gasteiger partial charge in [-0.05, 0) is 20.3 Å². The van der Waals surface area contributed by atoms with Crippen LogP contribution < -0.4 is 27.4 Å². The quantitative estimate of drug-likeness (QED) is 0.140. The number of carbonyl (C=O) groups is 6. The summed E-state index contributed by atoms with van der Waals surface area (Å²) in [6, 6.07) is -5.88. The third-order valence-electron chi connectivity index (χ3n) is 3.78. The Morgan fingerprint density at radius 2 is 1.40 bits per heavy atom. The van der Waals surface area contributed by atoms with Gasteiger partial charge in [0.1, 0.15) is 18.1 Å². The fraction of sp³-hybridized carbons (Fsp3) is 0.625. The van der Waals surface area contributed by atoms with E-state index in [0.29, 0.717) is 0 Å². The standard InChI is InChI=1S/C16H27N5O9/c1-6(17)13(26)20-9(5-11(24)25)14(27)21-12(7(2)22)15(28)19-8(16(29)30)3-4-10(18)23/h6-9,12,22H,3-5,17H2,1-2H3,(H2,18,23)(H,19,28)(H,20,26)(H,21,27)(H,24,25)(H,29,30). The molecule has 0 aromatic rings. The molecule has 0 heterocycles. The zero-order valence-electron chi connectivity index (χ0n) is 16.5. The van der Waals surface area contributed by atoms with Crippen molar-refractivity contribution in [2.24, 2.45) is 11.5 Å². The average molecular weight is 433 g/mol. The number of primary amides is 1. The maximum absolute atomic E-state index is 12.4. The molecule has 0 aliphatic carbocycles. The Labute approximate surface area is 171 Å². The Balaban J connectivity index is 5.36. The lowest BCUT2D eigenvalue weighted by Crippen LogP contribution is -2.60. The maximum atomic E-state index is 12.4. The van der Waals surface area contributed by atoms with E-state index in [2.05, 4.69) is 16.0 Å². The first-order valence-corrected chi connectivity index (χ1v) is 8.83. The summed E-state index contributed by atoms with van der Waals surface area (Å²) in [5.74, 6) is -6.76. The molecule has 5 unspecified atom stereocenters. The maximum Gasteiger partial charge on any atom is 0.326 e. The molecule has 0 rings (SSSR count). The zero-order chi connectivity index (χ0) is 23.6. The fourth-order valence-electron chi connectivity index (χ4n) is 2.15. The van der Waals surface area contributed by atoms with Gasteiger partial charge in [-0.2, -0.15) is 0 Å². The third kappa shape index (κ3) is 9.79. The van der Waals surface area contributed by atoms with Crippen molar-refractivity contribution in [1.82, 2.24) is 16.0 Å². The number of aliphatic hydroxyl groups excluding tert-OH is 1. The van der Waals surface area contributed by atoms with Crippen LogP contribution in [-0.2, 0) is 28.8 Å². The molecule has 0 aliphatic heterocycles. The van der Waals surface area contributed by atoms with Crippen LogP contribution in [0.25, 0.3) is 0 Å². The predicted molar refractivity (Wildman–Crippen MR) is 99.4 cm³/mol. The van der Waals surface area contributed by atoms with E-state index in [-0.39, 0.29) is 12.8 Å². The Morgan fingerprint density at radius 1 is 0.867 bits per heavy atom. The molecule has 10 N–H and O–H groups in total. The van der Waals surface area contributed by atoms with E-state index in [1.54, 1.807) is 0 Å². The highest BCUT2D eigenvalue weighted by molar-refractivity contribution is 5.95. The number of rotatable bonds is 13. The lowest BCUT2D eigenvalue weighted by molar-refractivity contribution is -0.144. The summed E-state index contributed by atoms with van der Waals surface area (Å²) in [4.78, 5) is 69.5. The normalized spacial score (nSPS) is 15.6. The fourth-order valence-corrected chi connectivity index (χ4v) is 2.15. The van der Waals surface area contributed by atoms with E-state index in [0.717, 1.165) is 6.92 Å². The molecule has 0 aromatic carbocycles. The van der Waals surface area contributed by atoms with Crippen molar-refractivity contribution in [3.05, 3.63) is 0 Å².